The van der Waals surface area contributed by atoms with Crippen LogP contribution in [-0.2, 0) is 16.1 Å². The fourth-order valence-corrected chi connectivity index (χ4v) is 6.72. The van der Waals surface area contributed by atoms with E-state index < -0.39 is 11.6 Å². The van der Waals surface area contributed by atoms with Gasteiger partial charge < -0.3 is 10.6 Å². The molecule has 1 spiro atoms. The number of hydrogen-bond acceptors (Lipinski definition) is 6. The molecule has 7 nitrogen and oxygen atoms in total. The molecule has 1 saturated heterocycles. The van der Waals surface area contributed by atoms with Crippen LogP contribution in [0.15, 0.2) is 17.5 Å². The lowest BCUT2D eigenvalue weighted by Crippen LogP contribution is -2.54. The highest BCUT2D eigenvalue weighted by Gasteiger charge is 2.56. The summed E-state index contributed by atoms with van der Waals surface area (Å²) in [4.78, 5) is 45.8. The van der Waals surface area contributed by atoms with Crippen molar-refractivity contribution in [2.75, 3.05) is 6.54 Å². The Labute approximate surface area is 190 Å². The number of hydrogen-bond donors (Lipinski definition) is 2. The first-order chi connectivity index (χ1) is 14.6. The molecule has 9 heteroatoms. The van der Waals surface area contributed by atoms with Gasteiger partial charge in [0.05, 0.1) is 22.1 Å². The van der Waals surface area contributed by atoms with Crippen molar-refractivity contribution in [3.05, 3.63) is 27.4 Å². The average molecular weight is 461 g/mol. The van der Waals surface area contributed by atoms with Gasteiger partial charge in [-0.2, -0.15) is 0 Å². The summed E-state index contributed by atoms with van der Waals surface area (Å²) < 4.78 is 0. The molecule has 3 heterocycles. The van der Waals surface area contributed by atoms with Crippen molar-refractivity contribution in [2.24, 2.45) is 11.3 Å². The van der Waals surface area contributed by atoms with Crippen LogP contribution in [0.5, 0.6) is 0 Å². The molecule has 31 heavy (non-hydrogen) atoms. The Morgan fingerprint density at radius 2 is 2.10 bits per heavy atom. The van der Waals surface area contributed by atoms with E-state index in [1.807, 2.05) is 24.4 Å². The van der Waals surface area contributed by atoms with E-state index >= 15 is 0 Å². The largest absolute Gasteiger partial charge is 0.350 e. The van der Waals surface area contributed by atoms with Crippen LogP contribution < -0.4 is 10.6 Å². The molecule has 0 radical (unpaired) electrons. The number of aryl methyl sites for hydroxylation is 1. The number of nitrogens with one attached hydrogen (secondary N) is 2. The third kappa shape index (κ3) is 4.52. The van der Waals surface area contributed by atoms with E-state index in [1.165, 1.54) is 0 Å². The summed E-state index contributed by atoms with van der Waals surface area (Å²) in [5.74, 6) is -0.288. The molecule has 2 aromatic heterocycles. The standard InChI is InChI=1S/C22H28N4O3S2/c1-13-7-21(3,4)12-22(8-13)19(28)26(20(29)25-22)10-18(27)23-9-15-5-6-17(31-15)16-11-30-14(2)24-16/h5-6,11,13H,7-10,12H2,1-4H3,(H,23,27)(H,25,29)/t13-,22-/m0/s1. The fourth-order valence-electron chi connectivity index (χ4n) is 5.12. The van der Waals surface area contributed by atoms with Crippen molar-refractivity contribution in [3.63, 3.8) is 0 Å². The monoisotopic (exact) mass is 460 g/mol. The lowest BCUT2D eigenvalue weighted by atomic mass is 9.64. The van der Waals surface area contributed by atoms with Crippen LogP contribution in [0.3, 0.4) is 0 Å². The molecule has 2 aliphatic rings. The van der Waals surface area contributed by atoms with Crippen molar-refractivity contribution in [1.82, 2.24) is 20.5 Å². The number of carbonyl (C=O) groups excluding carboxylic acids is 3. The molecule has 0 aromatic carbocycles. The molecule has 4 rings (SSSR count). The van der Waals surface area contributed by atoms with Crippen LogP contribution in [0, 0.1) is 18.3 Å². The number of carbonyl (C=O) groups is 3. The van der Waals surface area contributed by atoms with Gasteiger partial charge >= 0.3 is 6.03 Å². The zero-order valence-electron chi connectivity index (χ0n) is 18.3. The summed E-state index contributed by atoms with van der Waals surface area (Å²) >= 11 is 3.18. The minimum atomic E-state index is -0.882. The van der Waals surface area contributed by atoms with Crippen LogP contribution in [-0.4, -0.2) is 39.8 Å². The first-order valence-electron chi connectivity index (χ1n) is 10.5. The molecule has 1 aliphatic carbocycles. The Balaban J connectivity index is 1.36. The Morgan fingerprint density at radius 3 is 2.77 bits per heavy atom. The SMILES string of the molecule is Cc1nc(-c2ccc(CNC(=O)CN3C(=O)N[C@]4(C[C@@H](C)CC(C)(C)C4)C3=O)s2)cs1. The highest BCUT2D eigenvalue weighted by molar-refractivity contribution is 7.16. The summed E-state index contributed by atoms with van der Waals surface area (Å²) in [6, 6.07) is 3.49. The molecule has 1 aliphatic heterocycles. The van der Waals surface area contributed by atoms with E-state index in [0.29, 0.717) is 25.3 Å². The van der Waals surface area contributed by atoms with E-state index in [4.69, 9.17) is 0 Å². The van der Waals surface area contributed by atoms with Gasteiger partial charge in [0.1, 0.15) is 12.1 Å². The fraction of sp³-hybridized carbons (Fsp3) is 0.545. The van der Waals surface area contributed by atoms with Crippen molar-refractivity contribution >= 4 is 40.5 Å². The summed E-state index contributed by atoms with van der Waals surface area (Å²) in [5, 5.41) is 8.78. The minimum absolute atomic E-state index is 0.0361. The van der Waals surface area contributed by atoms with Crippen LogP contribution in [0.4, 0.5) is 4.79 Å². The van der Waals surface area contributed by atoms with Crippen LogP contribution >= 0.6 is 22.7 Å². The number of aromatic nitrogens is 1. The Bertz CT molecular complexity index is 1030. The molecule has 2 fully saturated rings. The van der Waals surface area contributed by atoms with E-state index in [9.17, 15) is 14.4 Å². The molecule has 0 bridgehead atoms. The van der Waals surface area contributed by atoms with E-state index in [0.717, 1.165) is 31.8 Å². The van der Waals surface area contributed by atoms with Crippen molar-refractivity contribution in [1.29, 1.82) is 0 Å². The number of amides is 4. The van der Waals surface area contributed by atoms with Gasteiger partial charge in [0.15, 0.2) is 0 Å². The second kappa shape index (κ2) is 8.02. The van der Waals surface area contributed by atoms with Gasteiger partial charge in [-0.05, 0) is 49.7 Å². The summed E-state index contributed by atoms with van der Waals surface area (Å²) in [7, 11) is 0. The molecular weight excluding hydrogens is 432 g/mol. The Hall–Kier alpha value is -2.26. The van der Waals surface area contributed by atoms with E-state index in [1.54, 1.807) is 22.7 Å². The Kier molecular flexibility index (Phi) is 5.68. The van der Waals surface area contributed by atoms with Crippen molar-refractivity contribution in [3.8, 4) is 10.6 Å². The number of urea groups is 1. The maximum absolute atomic E-state index is 13.2. The van der Waals surface area contributed by atoms with Gasteiger partial charge in [-0.3, -0.25) is 14.5 Å². The van der Waals surface area contributed by atoms with Gasteiger partial charge in [-0.25, -0.2) is 9.78 Å². The minimum Gasteiger partial charge on any atom is -0.350 e. The topological polar surface area (TPSA) is 91.4 Å². The lowest BCUT2D eigenvalue weighted by molar-refractivity contribution is -0.137. The molecule has 1 saturated carbocycles. The zero-order chi connectivity index (χ0) is 22.4. The summed E-state index contributed by atoms with van der Waals surface area (Å²) in [6.45, 7) is 8.43. The number of nitrogens with zero attached hydrogens (tertiary/aromatic N) is 2. The molecule has 0 unspecified atom stereocenters. The van der Waals surface area contributed by atoms with E-state index in [-0.39, 0.29) is 23.8 Å². The van der Waals surface area contributed by atoms with Gasteiger partial charge in [0.25, 0.3) is 5.91 Å². The maximum atomic E-state index is 13.2. The third-order valence-electron chi connectivity index (χ3n) is 5.92. The van der Waals surface area contributed by atoms with Crippen molar-refractivity contribution < 1.29 is 14.4 Å². The zero-order valence-corrected chi connectivity index (χ0v) is 19.9. The summed E-state index contributed by atoms with van der Waals surface area (Å²) in [6.07, 6.45) is 2.23. The van der Waals surface area contributed by atoms with Gasteiger partial charge in [-0.1, -0.05) is 20.8 Å². The predicted molar refractivity (Wildman–Crippen MR) is 122 cm³/mol. The molecule has 2 aromatic rings. The third-order valence-corrected chi connectivity index (χ3v) is 7.80. The smallest absolute Gasteiger partial charge is 0.325 e. The second-order valence-corrected chi connectivity index (χ2v) is 11.8. The second-order valence-electron chi connectivity index (χ2n) is 9.55. The van der Waals surface area contributed by atoms with Crippen LogP contribution in [0.2, 0.25) is 0 Å². The van der Waals surface area contributed by atoms with E-state index in [2.05, 4.69) is 36.4 Å². The average Bonchev–Trinajstić information content (AvgIpc) is 3.34. The normalized spacial score (nSPS) is 25.2. The van der Waals surface area contributed by atoms with Gasteiger partial charge in [-0.15, -0.1) is 22.7 Å². The molecule has 166 valence electrons. The molecular formula is C22H28N4O3S2. The molecule has 4 amide bonds. The number of thiazole rings is 1. The number of imide groups is 1. The maximum Gasteiger partial charge on any atom is 0.325 e. The number of rotatable bonds is 5. The predicted octanol–water partition coefficient (Wildman–Crippen LogP) is 3.93. The molecule has 2 N–H and O–H groups in total. The Morgan fingerprint density at radius 1 is 1.32 bits per heavy atom. The van der Waals surface area contributed by atoms with Crippen LogP contribution in [0.25, 0.3) is 10.6 Å². The van der Waals surface area contributed by atoms with Crippen molar-refractivity contribution in [2.45, 2.75) is 59.0 Å². The van der Waals surface area contributed by atoms with Gasteiger partial charge in [0, 0.05) is 10.3 Å². The van der Waals surface area contributed by atoms with Gasteiger partial charge in [0.2, 0.25) is 5.91 Å². The molecule has 2 atom stereocenters. The first-order valence-corrected chi connectivity index (χ1v) is 12.2. The highest BCUT2D eigenvalue weighted by atomic mass is 32.1. The quantitative estimate of drug-likeness (QED) is 0.662. The summed E-state index contributed by atoms with van der Waals surface area (Å²) in [5.41, 5.74) is 0.0256. The van der Waals surface area contributed by atoms with Crippen LogP contribution in [0.1, 0.15) is 49.9 Å². The highest BCUT2D eigenvalue weighted by Crippen LogP contribution is 2.46. The number of thiophene rings is 1. The lowest BCUT2D eigenvalue weighted by Gasteiger charge is -2.43. The first kappa shape index (κ1) is 22.0.